The molecule has 1 N–H and O–H groups in total. The number of aromatic amines is 1. The minimum atomic E-state index is 0.410. The molecule has 5 nitrogen and oxygen atoms in total. The number of nitrogens with zero attached hydrogens (tertiary/aromatic N) is 1. The molecule has 0 spiro atoms. The van der Waals surface area contributed by atoms with Crippen LogP contribution in [-0.2, 0) is 4.74 Å². The van der Waals surface area contributed by atoms with Gasteiger partial charge >= 0.3 is 0 Å². The molecule has 0 amide bonds. The minimum absolute atomic E-state index is 0.410. The van der Waals surface area contributed by atoms with E-state index in [1.165, 1.54) is 0 Å². The van der Waals surface area contributed by atoms with Gasteiger partial charge in [0, 0.05) is 12.7 Å². The summed E-state index contributed by atoms with van der Waals surface area (Å²) in [6.07, 6.45) is 1.55. The van der Waals surface area contributed by atoms with Crippen LogP contribution >= 0.6 is 12.2 Å². The van der Waals surface area contributed by atoms with Crippen LogP contribution in [-0.4, -0.2) is 37.4 Å². The van der Waals surface area contributed by atoms with Crippen LogP contribution in [0, 0.1) is 4.64 Å². The fraction of sp³-hybridized carbons (Fsp3) is 0.286. The maximum Gasteiger partial charge on any atom is 0.179 e. The lowest BCUT2D eigenvalue weighted by molar-refractivity contribution is 0.146. The Bertz CT molecular complexity index is 628. The van der Waals surface area contributed by atoms with Crippen LogP contribution in [0.5, 0.6) is 11.5 Å². The maximum atomic E-state index is 5.72. The molecule has 0 fully saturated rings. The standard InChI is InChI=1S/C14H16N2O3S/c1-17-7-8-19-11-6-4-3-5-10(11)12-13(18-2)14(20)16-9-15-12/h3-6,9H,7-8H2,1-2H3,(H,15,16,20). The number of hydrogen-bond donors (Lipinski definition) is 1. The molecule has 2 aromatic rings. The highest BCUT2D eigenvalue weighted by Gasteiger charge is 2.13. The van der Waals surface area contributed by atoms with Crippen molar-refractivity contribution in [1.82, 2.24) is 9.97 Å². The molecule has 1 heterocycles. The molecule has 0 aliphatic rings. The van der Waals surface area contributed by atoms with E-state index in [4.69, 9.17) is 26.4 Å². The third-order valence-electron chi connectivity index (χ3n) is 2.72. The predicted molar refractivity (Wildman–Crippen MR) is 78.8 cm³/mol. The average molecular weight is 292 g/mol. The Labute approximate surface area is 122 Å². The van der Waals surface area contributed by atoms with Crippen LogP contribution in [0.15, 0.2) is 30.6 Å². The number of hydrogen-bond acceptors (Lipinski definition) is 5. The number of rotatable bonds is 6. The molecule has 0 saturated carbocycles. The Kier molecular flexibility index (Phi) is 5.09. The van der Waals surface area contributed by atoms with Crippen LogP contribution in [0.4, 0.5) is 0 Å². The molecule has 2 rings (SSSR count). The summed E-state index contributed by atoms with van der Waals surface area (Å²) in [5.41, 5.74) is 1.62. The van der Waals surface area contributed by atoms with Crippen LogP contribution in [0.25, 0.3) is 11.3 Å². The van der Waals surface area contributed by atoms with Gasteiger partial charge in [0.1, 0.15) is 12.4 Å². The third kappa shape index (κ3) is 3.15. The van der Waals surface area contributed by atoms with Gasteiger partial charge in [0.05, 0.1) is 25.7 Å². The summed E-state index contributed by atoms with van der Waals surface area (Å²) < 4.78 is 16.4. The summed E-state index contributed by atoms with van der Waals surface area (Å²) in [7, 11) is 3.21. The number of nitrogens with one attached hydrogen (secondary N) is 1. The fourth-order valence-electron chi connectivity index (χ4n) is 1.81. The van der Waals surface area contributed by atoms with Gasteiger partial charge in [-0.15, -0.1) is 0 Å². The van der Waals surface area contributed by atoms with Crippen molar-refractivity contribution in [2.75, 3.05) is 27.4 Å². The van der Waals surface area contributed by atoms with E-state index in [0.29, 0.717) is 23.6 Å². The Morgan fingerprint density at radius 1 is 1.20 bits per heavy atom. The molecule has 106 valence electrons. The van der Waals surface area contributed by atoms with Crippen LogP contribution in [0.1, 0.15) is 0 Å². The topological polar surface area (TPSA) is 56.4 Å². The van der Waals surface area contributed by atoms with Crippen LogP contribution in [0.3, 0.4) is 0 Å². The van der Waals surface area contributed by atoms with E-state index >= 15 is 0 Å². The highest BCUT2D eigenvalue weighted by Crippen LogP contribution is 2.34. The minimum Gasteiger partial charge on any atom is -0.491 e. The van der Waals surface area contributed by atoms with Crippen molar-refractivity contribution in [3.63, 3.8) is 0 Å². The Hall–Kier alpha value is -1.92. The third-order valence-corrected chi connectivity index (χ3v) is 3.01. The van der Waals surface area contributed by atoms with Gasteiger partial charge in [0.2, 0.25) is 0 Å². The molecule has 20 heavy (non-hydrogen) atoms. The normalized spacial score (nSPS) is 10.3. The van der Waals surface area contributed by atoms with E-state index in [1.54, 1.807) is 20.5 Å². The summed E-state index contributed by atoms with van der Waals surface area (Å²) >= 11 is 5.17. The van der Waals surface area contributed by atoms with Crippen LogP contribution in [0.2, 0.25) is 0 Å². The van der Waals surface area contributed by atoms with Gasteiger partial charge in [-0.3, -0.25) is 0 Å². The van der Waals surface area contributed by atoms with Crippen molar-refractivity contribution in [3.05, 3.63) is 35.2 Å². The first-order valence-electron chi connectivity index (χ1n) is 6.10. The van der Waals surface area contributed by atoms with Crippen molar-refractivity contribution in [2.45, 2.75) is 0 Å². The lowest BCUT2D eigenvalue weighted by Crippen LogP contribution is -2.05. The lowest BCUT2D eigenvalue weighted by atomic mass is 10.1. The lowest BCUT2D eigenvalue weighted by Gasteiger charge is -2.13. The molecule has 1 aromatic carbocycles. The zero-order valence-corrected chi connectivity index (χ0v) is 12.2. The van der Waals surface area contributed by atoms with Crippen molar-refractivity contribution in [2.24, 2.45) is 0 Å². The van der Waals surface area contributed by atoms with Crippen molar-refractivity contribution in [3.8, 4) is 22.8 Å². The number of H-pyrrole nitrogens is 1. The summed E-state index contributed by atoms with van der Waals surface area (Å²) in [6, 6.07) is 7.66. The second kappa shape index (κ2) is 7.02. The summed E-state index contributed by atoms with van der Waals surface area (Å²) in [6.45, 7) is 0.999. The summed E-state index contributed by atoms with van der Waals surface area (Å²) in [5.74, 6) is 1.27. The maximum absolute atomic E-state index is 5.72. The first-order valence-corrected chi connectivity index (χ1v) is 6.51. The Morgan fingerprint density at radius 3 is 2.75 bits per heavy atom. The SMILES string of the molecule is COCCOc1ccccc1-c1[nH]cnc(=S)c1OC. The zero-order chi connectivity index (χ0) is 14.4. The van der Waals surface area contributed by atoms with E-state index in [2.05, 4.69) is 9.97 Å². The zero-order valence-electron chi connectivity index (χ0n) is 11.4. The number of benzene rings is 1. The van der Waals surface area contributed by atoms with Gasteiger partial charge in [0.25, 0.3) is 0 Å². The molecule has 0 bridgehead atoms. The number of para-hydroxylation sites is 1. The smallest absolute Gasteiger partial charge is 0.179 e. The van der Waals surface area contributed by atoms with E-state index in [-0.39, 0.29) is 0 Å². The monoisotopic (exact) mass is 292 g/mol. The fourth-order valence-corrected chi connectivity index (χ4v) is 2.05. The number of ether oxygens (including phenoxy) is 3. The molecule has 6 heteroatoms. The first-order chi connectivity index (χ1) is 9.77. The predicted octanol–water partition coefficient (Wildman–Crippen LogP) is 2.84. The quantitative estimate of drug-likeness (QED) is 0.655. The molecule has 0 aliphatic carbocycles. The van der Waals surface area contributed by atoms with Crippen LogP contribution < -0.4 is 9.47 Å². The van der Waals surface area contributed by atoms with E-state index < -0.39 is 0 Å². The molecule has 0 unspecified atom stereocenters. The van der Waals surface area contributed by atoms with Gasteiger partial charge in [-0.05, 0) is 12.1 Å². The molecule has 1 aromatic heterocycles. The van der Waals surface area contributed by atoms with E-state index in [0.717, 1.165) is 17.0 Å². The highest BCUT2D eigenvalue weighted by molar-refractivity contribution is 7.71. The highest BCUT2D eigenvalue weighted by atomic mass is 32.1. The van der Waals surface area contributed by atoms with Crippen molar-refractivity contribution < 1.29 is 14.2 Å². The average Bonchev–Trinajstić information content (AvgIpc) is 2.48. The number of aromatic nitrogens is 2. The first kappa shape index (κ1) is 14.5. The summed E-state index contributed by atoms with van der Waals surface area (Å²) in [5, 5.41) is 0. The second-order valence-corrected chi connectivity index (χ2v) is 4.34. The number of methoxy groups -OCH3 is 2. The van der Waals surface area contributed by atoms with Gasteiger partial charge < -0.3 is 19.2 Å². The van der Waals surface area contributed by atoms with Crippen molar-refractivity contribution >= 4 is 12.2 Å². The Morgan fingerprint density at radius 2 is 2.00 bits per heavy atom. The van der Waals surface area contributed by atoms with Gasteiger partial charge in [-0.2, -0.15) is 0 Å². The second-order valence-electron chi connectivity index (χ2n) is 3.95. The Balaban J connectivity index is 2.42. The molecule has 0 saturated heterocycles. The molecule has 0 radical (unpaired) electrons. The van der Waals surface area contributed by atoms with Gasteiger partial charge in [-0.1, -0.05) is 24.4 Å². The molecular weight excluding hydrogens is 276 g/mol. The van der Waals surface area contributed by atoms with E-state index in [1.807, 2.05) is 24.3 Å². The van der Waals surface area contributed by atoms with Gasteiger partial charge in [0.15, 0.2) is 10.4 Å². The molecule has 0 atom stereocenters. The van der Waals surface area contributed by atoms with E-state index in [9.17, 15) is 0 Å². The summed E-state index contributed by atoms with van der Waals surface area (Å²) in [4.78, 5) is 7.08. The van der Waals surface area contributed by atoms with Crippen molar-refractivity contribution in [1.29, 1.82) is 0 Å². The molecular formula is C14H16N2O3S. The largest absolute Gasteiger partial charge is 0.491 e. The molecule has 0 aliphatic heterocycles. The van der Waals surface area contributed by atoms with Gasteiger partial charge in [-0.25, -0.2) is 4.98 Å².